The number of fused-ring (bicyclic) bond motifs is 1. The normalized spacial score (nSPS) is 26.5. The number of nitrogens with zero attached hydrogens (tertiary/aromatic N) is 2. The number of benzene rings is 1. The number of ketones is 1. The van der Waals surface area contributed by atoms with Crippen LogP contribution >= 0.6 is 12.2 Å². The van der Waals surface area contributed by atoms with Crippen LogP contribution in [-0.4, -0.2) is 46.6 Å². The first-order valence-corrected chi connectivity index (χ1v) is 11.0. The first-order valence-electron chi connectivity index (χ1n) is 10.6. The molecule has 0 saturated carbocycles. The van der Waals surface area contributed by atoms with Crippen molar-refractivity contribution in [2.24, 2.45) is 11.8 Å². The van der Waals surface area contributed by atoms with Gasteiger partial charge in [0.15, 0.2) is 0 Å². The molecule has 1 N–H and O–H groups in total. The van der Waals surface area contributed by atoms with E-state index >= 15 is 0 Å². The van der Waals surface area contributed by atoms with Crippen LogP contribution in [0, 0.1) is 23.2 Å². The molecule has 2 saturated heterocycles. The molecule has 1 amide bonds. The van der Waals surface area contributed by atoms with E-state index in [9.17, 15) is 14.9 Å². The summed E-state index contributed by atoms with van der Waals surface area (Å²) in [6, 6.07) is 9.81. The third-order valence-corrected chi connectivity index (χ3v) is 7.04. The largest absolute Gasteiger partial charge is 0.325 e. The third-order valence-electron chi connectivity index (χ3n) is 6.65. The first kappa shape index (κ1) is 20.2. The number of nitrogens with one attached hydrogen (secondary N) is 1. The molecule has 0 bridgehead atoms. The van der Waals surface area contributed by atoms with E-state index in [2.05, 4.69) is 35.7 Å². The molecule has 152 valence electrons. The van der Waals surface area contributed by atoms with Gasteiger partial charge in [-0.1, -0.05) is 36.5 Å². The molecule has 2 heterocycles. The number of hydrogen-bond donors (Lipinski definition) is 1. The van der Waals surface area contributed by atoms with Crippen molar-refractivity contribution in [3.8, 4) is 6.07 Å². The van der Waals surface area contributed by atoms with Gasteiger partial charge in [-0.25, -0.2) is 0 Å². The fourth-order valence-corrected chi connectivity index (χ4v) is 5.49. The van der Waals surface area contributed by atoms with Gasteiger partial charge in [0.25, 0.3) is 0 Å². The highest BCUT2D eigenvalue weighted by molar-refractivity contribution is 7.80. The van der Waals surface area contributed by atoms with Crippen LogP contribution < -0.4 is 5.32 Å². The Bertz CT molecular complexity index is 837. The fraction of sp³-hybridized carbons (Fsp3) is 0.565. The number of amides is 1. The minimum Gasteiger partial charge on any atom is -0.325 e. The summed E-state index contributed by atoms with van der Waals surface area (Å²) in [6.07, 6.45) is 6.06. The molecule has 6 heteroatoms. The summed E-state index contributed by atoms with van der Waals surface area (Å²) in [4.78, 5) is 28.2. The summed E-state index contributed by atoms with van der Waals surface area (Å²) in [5, 5.41) is 12.4. The summed E-state index contributed by atoms with van der Waals surface area (Å²) in [6.45, 7) is 1.01. The first-order chi connectivity index (χ1) is 14.1. The molecule has 0 aromatic heterocycles. The van der Waals surface area contributed by atoms with Crippen LogP contribution in [0.4, 0.5) is 0 Å². The summed E-state index contributed by atoms with van der Waals surface area (Å²) >= 11 is 5.43. The van der Waals surface area contributed by atoms with Gasteiger partial charge in [-0.3, -0.25) is 9.59 Å². The van der Waals surface area contributed by atoms with Crippen molar-refractivity contribution in [1.82, 2.24) is 10.2 Å². The number of hydrogen-bond acceptors (Lipinski definition) is 5. The van der Waals surface area contributed by atoms with E-state index in [4.69, 9.17) is 12.2 Å². The molecule has 0 spiro atoms. The van der Waals surface area contributed by atoms with Crippen molar-refractivity contribution in [3.63, 3.8) is 0 Å². The SMILES string of the molecule is N#C[C@@H]1CCCN1C(=O)[C@H]1NCC(=S)C1C(=O)CCCC1Cc2ccccc2C1. The highest BCUT2D eigenvalue weighted by Crippen LogP contribution is 2.30. The maximum atomic E-state index is 13.0. The smallest absolute Gasteiger partial charge is 0.241 e. The van der Waals surface area contributed by atoms with Crippen molar-refractivity contribution in [3.05, 3.63) is 35.4 Å². The summed E-state index contributed by atoms with van der Waals surface area (Å²) in [5.41, 5.74) is 2.88. The molecule has 4 rings (SSSR count). The number of carbonyl (C=O) groups is 2. The Hall–Kier alpha value is -2.10. The van der Waals surface area contributed by atoms with Gasteiger partial charge in [-0.15, -0.1) is 0 Å². The van der Waals surface area contributed by atoms with Gasteiger partial charge in [0, 0.05) is 24.4 Å². The molecule has 3 aliphatic rings. The summed E-state index contributed by atoms with van der Waals surface area (Å²) < 4.78 is 0. The van der Waals surface area contributed by atoms with Crippen molar-refractivity contribution >= 4 is 28.8 Å². The van der Waals surface area contributed by atoms with E-state index in [1.807, 2.05) is 0 Å². The molecular formula is C23H27N3O2S. The topological polar surface area (TPSA) is 73.2 Å². The number of Topliss-reactive ketones (excluding diaryl/α,β-unsaturated/α-hetero) is 1. The quantitative estimate of drug-likeness (QED) is 0.731. The molecule has 29 heavy (non-hydrogen) atoms. The van der Waals surface area contributed by atoms with Crippen LogP contribution in [-0.2, 0) is 22.4 Å². The van der Waals surface area contributed by atoms with E-state index in [-0.39, 0.29) is 17.7 Å². The number of likely N-dealkylation sites (tertiary alicyclic amines) is 1. The molecule has 3 atom stereocenters. The molecule has 5 nitrogen and oxygen atoms in total. The Labute approximate surface area is 177 Å². The third kappa shape index (κ3) is 4.12. The van der Waals surface area contributed by atoms with Gasteiger partial charge >= 0.3 is 0 Å². The highest BCUT2D eigenvalue weighted by Gasteiger charge is 2.44. The number of thiocarbonyl (C=S) groups is 1. The predicted octanol–water partition coefficient (Wildman–Crippen LogP) is 2.61. The second-order valence-corrected chi connectivity index (χ2v) is 9.05. The average molecular weight is 410 g/mol. The fourth-order valence-electron chi connectivity index (χ4n) is 5.14. The van der Waals surface area contributed by atoms with E-state index in [0.717, 1.165) is 32.1 Å². The summed E-state index contributed by atoms with van der Waals surface area (Å²) in [5.74, 6) is 0.00514. The lowest BCUT2D eigenvalue weighted by atomic mass is 9.89. The molecule has 1 unspecified atom stereocenters. The number of carbonyl (C=O) groups excluding carboxylic acids is 2. The monoisotopic (exact) mass is 409 g/mol. The van der Waals surface area contributed by atoms with Crippen LogP contribution in [0.25, 0.3) is 0 Å². The molecule has 1 aromatic carbocycles. The van der Waals surface area contributed by atoms with Gasteiger partial charge in [0.1, 0.15) is 17.9 Å². The Morgan fingerprint density at radius 1 is 1.24 bits per heavy atom. The molecule has 1 aromatic rings. The Kier molecular flexibility index (Phi) is 6.07. The van der Waals surface area contributed by atoms with Crippen LogP contribution in [0.2, 0.25) is 0 Å². The standard InChI is InChI=1S/C23H27N3O2S/c24-13-18-8-4-10-26(18)23(28)22-21(20(29)14-25-22)19(27)9-3-5-15-11-16-6-1-2-7-17(16)12-15/h1-2,6-7,15,18,21-22,25H,3-5,8-12,14H2/t18-,21?,22-/m0/s1. The zero-order valence-corrected chi connectivity index (χ0v) is 17.4. The highest BCUT2D eigenvalue weighted by atomic mass is 32.1. The van der Waals surface area contributed by atoms with Gasteiger partial charge in [0.2, 0.25) is 5.91 Å². The van der Waals surface area contributed by atoms with E-state index in [1.54, 1.807) is 4.90 Å². The van der Waals surface area contributed by atoms with Gasteiger partial charge < -0.3 is 10.2 Å². The van der Waals surface area contributed by atoms with Crippen LogP contribution in [0.3, 0.4) is 0 Å². The Balaban J connectivity index is 1.32. The zero-order chi connectivity index (χ0) is 20.4. The molecule has 1 aliphatic carbocycles. The van der Waals surface area contributed by atoms with E-state index < -0.39 is 12.0 Å². The molecule has 2 aliphatic heterocycles. The van der Waals surface area contributed by atoms with Crippen molar-refractivity contribution in [1.29, 1.82) is 5.26 Å². The second-order valence-electron chi connectivity index (χ2n) is 8.52. The van der Waals surface area contributed by atoms with Crippen LogP contribution in [0.15, 0.2) is 24.3 Å². The molecule has 0 radical (unpaired) electrons. The minimum atomic E-state index is -0.598. The molecule has 2 fully saturated rings. The maximum absolute atomic E-state index is 13.0. The summed E-state index contributed by atoms with van der Waals surface area (Å²) in [7, 11) is 0. The lowest BCUT2D eigenvalue weighted by molar-refractivity contribution is -0.136. The van der Waals surface area contributed by atoms with Crippen molar-refractivity contribution in [2.75, 3.05) is 13.1 Å². The van der Waals surface area contributed by atoms with E-state index in [1.165, 1.54) is 11.1 Å². The second kappa shape index (κ2) is 8.73. The van der Waals surface area contributed by atoms with Crippen LogP contribution in [0.1, 0.15) is 43.2 Å². The lowest BCUT2D eigenvalue weighted by Crippen LogP contribution is -2.49. The Morgan fingerprint density at radius 2 is 1.97 bits per heavy atom. The van der Waals surface area contributed by atoms with Crippen molar-refractivity contribution in [2.45, 2.75) is 57.0 Å². The number of nitriles is 1. The number of rotatable bonds is 6. The Morgan fingerprint density at radius 3 is 2.66 bits per heavy atom. The van der Waals surface area contributed by atoms with Gasteiger partial charge in [-0.05, 0) is 55.6 Å². The predicted molar refractivity (Wildman–Crippen MR) is 114 cm³/mol. The zero-order valence-electron chi connectivity index (χ0n) is 16.6. The van der Waals surface area contributed by atoms with Gasteiger partial charge in [-0.2, -0.15) is 5.26 Å². The van der Waals surface area contributed by atoms with Crippen LogP contribution in [0.5, 0.6) is 0 Å². The average Bonchev–Trinajstić information content (AvgIpc) is 3.44. The van der Waals surface area contributed by atoms with Gasteiger partial charge in [0.05, 0.1) is 12.0 Å². The molecular weight excluding hydrogens is 382 g/mol. The van der Waals surface area contributed by atoms with E-state index in [0.29, 0.717) is 36.7 Å². The van der Waals surface area contributed by atoms with Crippen molar-refractivity contribution < 1.29 is 9.59 Å². The minimum absolute atomic E-state index is 0.0709. The maximum Gasteiger partial charge on any atom is 0.241 e. The lowest BCUT2D eigenvalue weighted by Gasteiger charge is -2.26.